The number of likely N-dealkylation sites (tertiary alicyclic amines) is 1. The van der Waals surface area contributed by atoms with Crippen molar-refractivity contribution in [2.24, 2.45) is 0 Å². The largest absolute Gasteiger partial charge is 0.361 e. The fourth-order valence-corrected chi connectivity index (χ4v) is 4.74. The molecule has 31 heavy (non-hydrogen) atoms. The van der Waals surface area contributed by atoms with Crippen molar-refractivity contribution < 1.29 is 4.79 Å². The maximum atomic E-state index is 11.3. The van der Waals surface area contributed by atoms with Crippen LogP contribution < -0.4 is 5.32 Å². The van der Waals surface area contributed by atoms with Crippen LogP contribution in [0.25, 0.3) is 16.6 Å². The van der Waals surface area contributed by atoms with Crippen LogP contribution in [0, 0.1) is 0 Å². The number of aromatic amines is 1. The van der Waals surface area contributed by atoms with Gasteiger partial charge in [-0.15, -0.1) is 10.2 Å². The Bertz CT molecular complexity index is 1210. The molecular formula is C24H26N6O. The van der Waals surface area contributed by atoms with Crippen molar-refractivity contribution in [3.05, 3.63) is 72.4 Å². The van der Waals surface area contributed by atoms with Crippen molar-refractivity contribution in [2.75, 3.05) is 11.9 Å². The summed E-state index contributed by atoms with van der Waals surface area (Å²) in [6, 6.07) is 14.6. The quantitative estimate of drug-likeness (QED) is 0.513. The second-order valence-corrected chi connectivity index (χ2v) is 8.48. The average Bonchev–Trinajstić information content (AvgIpc) is 3.49. The molecule has 3 heterocycles. The van der Waals surface area contributed by atoms with Gasteiger partial charge in [-0.3, -0.25) is 14.3 Å². The van der Waals surface area contributed by atoms with Crippen LogP contribution in [0.5, 0.6) is 0 Å². The summed E-state index contributed by atoms with van der Waals surface area (Å²) >= 11 is 0. The van der Waals surface area contributed by atoms with Crippen molar-refractivity contribution in [2.45, 2.75) is 38.8 Å². The molecule has 5 rings (SSSR count). The SMILES string of the molecule is CC(=O)Nc1ccc(CN2CCC[C@]2(C)c2c[nH]c3ccc(-n4cnnc4)cc23)cc1. The summed E-state index contributed by atoms with van der Waals surface area (Å²) in [5.74, 6) is -0.0509. The van der Waals surface area contributed by atoms with Crippen LogP contribution in [-0.4, -0.2) is 37.1 Å². The highest BCUT2D eigenvalue weighted by atomic mass is 16.1. The van der Waals surface area contributed by atoms with Gasteiger partial charge in [-0.05, 0) is 67.8 Å². The zero-order valence-electron chi connectivity index (χ0n) is 17.8. The van der Waals surface area contributed by atoms with Crippen molar-refractivity contribution in [3.8, 4) is 5.69 Å². The van der Waals surface area contributed by atoms with Gasteiger partial charge in [0.05, 0.1) is 0 Å². The van der Waals surface area contributed by atoms with Gasteiger partial charge in [0.15, 0.2) is 0 Å². The Labute approximate surface area is 181 Å². The highest BCUT2D eigenvalue weighted by Crippen LogP contribution is 2.42. The van der Waals surface area contributed by atoms with Crippen molar-refractivity contribution >= 4 is 22.5 Å². The normalized spacial score (nSPS) is 19.2. The highest BCUT2D eigenvalue weighted by Gasteiger charge is 2.39. The standard InChI is InChI=1S/C24H26N6O/c1-17(31)28-19-6-4-18(5-7-19)14-30-11-3-10-24(30,2)22-13-25-23-9-8-20(12-21(22)23)29-15-26-27-16-29/h4-9,12-13,15-16,25H,3,10-11,14H2,1-2H3,(H,28,31)/t24-/m1/s1. The smallest absolute Gasteiger partial charge is 0.221 e. The van der Waals surface area contributed by atoms with E-state index in [2.05, 4.69) is 68.9 Å². The number of benzene rings is 2. The van der Waals surface area contributed by atoms with Gasteiger partial charge in [-0.2, -0.15) is 0 Å². The first-order valence-electron chi connectivity index (χ1n) is 10.6. The predicted octanol–water partition coefficient (Wildman–Crippen LogP) is 4.22. The van der Waals surface area contributed by atoms with Crippen molar-refractivity contribution in [3.63, 3.8) is 0 Å². The lowest BCUT2D eigenvalue weighted by Gasteiger charge is -2.35. The molecule has 0 spiro atoms. The number of carbonyl (C=O) groups excluding carboxylic acids is 1. The minimum absolute atomic E-state index is 0.0509. The van der Waals surface area contributed by atoms with E-state index in [1.807, 2.05) is 16.7 Å². The predicted molar refractivity (Wildman–Crippen MR) is 121 cm³/mol. The lowest BCUT2D eigenvalue weighted by molar-refractivity contribution is -0.114. The van der Waals surface area contributed by atoms with E-state index in [1.165, 1.54) is 23.4 Å². The number of nitrogens with zero attached hydrogens (tertiary/aromatic N) is 4. The van der Waals surface area contributed by atoms with E-state index >= 15 is 0 Å². The molecule has 1 atom stereocenters. The first-order valence-corrected chi connectivity index (χ1v) is 10.6. The second kappa shape index (κ2) is 7.67. The molecule has 4 aromatic rings. The van der Waals surface area contributed by atoms with E-state index in [0.29, 0.717) is 0 Å². The van der Waals surface area contributed by atoms with Crippen LogP contribution in [0.1, 0.15) is 37.8 Å². The summed E-state index contributed by atoms with van der Waals surface area (Å²) in [4.78, 5) is 17.3. The van der Waals surface area contributed by atoms with E-state index in [1.54, 1.807) is 12.7 Å². The Morgan fingerprint density at radius 3 is 2.68 bits per heavy atom. The molecule has 7 heteroatoms. The maximum absolute atomic E-state index is 11.3. The molecule has 0 unspecified atom stereocenters. The van der Waals surface area contributed by atoms with Crippen LogP contribution in [-0.2, 0) is 16.9 Å². The van der Waals surface area contributed by atoms with E-state index in [4.69, 9.17) is 0 Å². The van der Waals surface area contributed by atoms with E-state index in [9.17, 15) is 4.79 Å². The molecule has 0 bridgehead atoms. The van der Waals surface area contributed by atoms with Gasteiger partial charge in [0.2, 0.25) is 5.91 Å². The molecule has 1 aliphatic rings. The number of amides is 1. The Morgan fingerprint density at radius 1 is 1.16 bits per heavy atom. The third-order valence-electron chi connectivity index (χ3n) is 6.40. The molecule has 1 fully saturated rings. The number of fused-ring (bicyclic) bond motifs is 1. The Kier molecular flexibility index (Phi) is 4.82. The number of hydrogen-bond donors (Lipinski definition) is 2. The molecule has 0 aliphatic carbocycles. The third-order valence-corrected chi connectivity index (χ3v) is 6.40. The zero-order valence-corrected chi connectivity index (χ0v) is 17.8. The summed E-state index contributed by atoms with van der Waals surface area (Å²) in [6.07, 6.45) is 7.89. The topological polar surface area (TPSA) is 78.8 Å². The Morgan fingerprint density at radius 2 is 1.94 bits per heavy atom. The summed E-state index contributed by atoms with van der Waals surface area (Å²) in [5.41, 5.74) is 5.54. The highest BCUT2D eigenvalue weighted by molar-refractivity contribution is 5.88. The fraction of sp³-hybridized carbons (Fsp3) is 0.292. The number of rotatable bonds is 5. The van der Waals surface area contributed by atoms with Crippen LogP contribution >= 0.6 is 0 Å². The molecule has 1 amide bonds. The van der Waals surface area contributed by atoms with Crippen molar-refractivity contribution in [1.29, 1.82) is 0 Å². The first kappa shape index (κ1) is 19.5. The Hall–Kier alpha value is -3.45. The molecule has 158 valence electrons. The number of anilines is 1. The summed E-state index contributed by atoms with van der Waals surface area (Å²) in [5, 5.41) is 11.9. The number of hydrogen-bond acceptors (Lipinski definition) is 4. The van der Waals surface area contributed by atoms with Crippen LogP contribution in [0.2, 0.25) is 0 Å². The Balaban J connectivity index is 1.45. The fourth-order valence-electron chi connectivity index (χ4n) is 4.74. The molecule has 1 aliphatic heterocycles. The molecule has 0 saturated carbocycles. The lowest BCUT2D eigenvalue weighted by Crippen LogP contribution is -2.37. The molecule has 1 saturated heterocycles. The van der Waals surface area contributed by atoms with Gasteiger partial charge in [0.25, 0.3) is 0 Å². The first-order chi connectivity index (χ1) is 15.0. The molecule has 0 radical (unpaired) electrons. The molecule has 2 aromatic heterocycles. The number of carbonyl (C=O) groups is 1. The van der Waals surface area contributed by atoms with Crippen LogP contribution in [0.4, 0.5) is 5.69 Å². The molecule has 7 nitrogen and oxygen atoms in total. The molecule has 2 aromatic carbocycles. The van der Waals surface area contributed by atoms with Gasteiger partial charge in [0, 0.05) is 47.5 Å². The third kappa shape index (κ3) is 3.61. The van der Waals surface area contributed by atoms with E-state index in [0.717, 1.165) is 42.8 Å². The lowest BCUT2D eigenvalue weighted by atomic mass is 9.88. The molecule has 2 N–H and O–H groups in total. The summed E-state index contributed by atoms with van der Waals surface area (Å²) in [7, 11) is 0. The molecular weight excluding hydrogens is 388 g/mol. The maximum Gasteiger partial charge on any atom is 0.221 e. The summed E-state index contributed by atoms with van der Waals surface area (Å²) < 4.78 is 1.93. The zero-order chi connectivity index (χ0) is 21.4. The van der Waals surface area contributed by atoms with Gasteiger partial charge in [0.1, 0.15) is 12.7 Å². The number of aromatic nitrogens is 4. The van der Waals surface area contributed by atoms with Gasteiger partial charge in [-0.1, -0.05) is 12.1 Å². The number of H-pyrrole nitrogens is 1. The van der Waals surface area contributed by atoms with Crippen LogP contribution in [0.15, 0.2) is 61.3 Å². The van der Waals surface area contributed by atoms with Gasteiger partial charge < -0.3 is 10.3 Å². The van der Waals surface area contributed by atoms with E-state index in [-0.39, 0.29) is 11.4 Å². The monoisotopic (exact) mass is 414 g/mol. The number of nitrogens with one attached hydrogen (secondary N) is 2. The van der Waals surface area contributed by atoms with Crippen LogP contribution in [0.3, 0.4) is 0 Å². The minimum Gasteiger partial charge on any atom is -0.361 e. The summed E-state index contributed by atoms with van der Waals surface area (Å²) in [6.45, 7) is 5.80. The second-order valence-electron chi connectivity index (χ2n) is 8.48. The minimum atomic E-state index is -0.0552. The van der Waals surface area contributed by atoms with Gasteiger partial charge in [-0.25, -0.2) is 0 Å². The van der Waals surface area contributed by atoms with Crippen molar-refractivity contribution in [1.82, 2.24) is 24.6 Å². The van der Waals surface area contributed by atoms with Gasteiger partial charge >= 0.3 is 0 Å². The van der Waals surface area contributed by atoms with E-state index < -0.39 is 0 Å². The average molecular weight is 415 g/mol.